The summed E-state index contributed by atoms with van der Waals surface area (Å²) in [6, 6.07) is 10.7. The number of aryl methyl sites for hydroxylation is 1. The van der Waals surface area contributed by atoms with E-state index in [0.29, 0.717) is 64.1 Å². The van der Waals surface area contributed by atoms with Gasteiger partial charge in [0.15, 0.2) is 0 Å². The highest BCUT2D eigenvalue weighted by Crippen LogP contribution is 2.42. The number of carboxylic acids is 1. The number of aliphatic carboxylic acids is 1. The average molecular weight is 613 g/mol. The summed E-state index contributed by atoms with van der Waals surface area (Å²) in [7, 11) is 0. The minimum absolute atomic E-state index is 0.0321. The second-order valence-electron chi connectivity index (χ2n) is 10.6. The number of ether oxygens (including phenoxy) is 1. The third-order valence-corrected chi connectivity index (χ3v) is 7.78. The molecule has 0 unspecified atom stereocenters. The number of carbonyl (C=O) groups is 1. The fourth-order valence-corrected chi connectivity index (χ4v) is 5.86. The molecule has 2 aromatic heterocycles. The van der Waals surface area contributed by atoms with Crippen molar-refractivity contribution in [1.29, 1.82) is 0 Å². The van der Waals surface area contributed by atoms with Crippen molar-refractivity contribution in [2.45, 2.75) is 38.7 Å². The average Bonchev–Trinajstić information content (AvgIpc) is 2.95. The highest BCUT2D eigenvalue weighted by Gasteiger charge is 2.37. The molecule has 1 aliphatic heterocycles. The van der Waals surface area contributed by atoms with E-state index in [-0.39, 0.29) is 17.1 Å². The molecule has 0 saturated heterocycles. The molecule has 1 aliphatic rings. The molecule has 0 spiro atoms. The second kappa shape index (κ2) is 10.4. The van der Waals surface area contributed by atoms with Crippen LogP contribution in [0.4, 0.5) is 26.3 Å². The van der Waals surface area contributed by atoms with Gasteiger partial charge in [0.2, 0.25) is 0 Å². The van der Waals surface area contributed by atoms with Gasteiger partial charge < -0.3 is 14.4 Å². The van der Waals surface area contributed by atoms with Crippen LogP contribution < -0.4 is 10.3 Å². The molecule has 1 N–H and O–H groups in total. The summed E-state index contributed by atoms with van der Waals surface area (Å²) in [6.07, 6.45) is -8.24. The van der Waals surface area contributed by atoms with Crippen LogP contribution in [0.1, 0.15) is 33.4 Å². The molecule has 12 heteroatoms. The number of carboxylic acid groups (broad SMARTS) is 1. The number of alkyl halides is 6. The molecule has 0 aliphatic carbocycles. The molecule has 0 radical (unpaired) electrons. The maximum atomic E-state index is 13.6. The van der Waals surface area contributed by atoms with Gasteiger partial charge in [0, 0.05) is 35.0 Å². The summed E-state index contributed by atoms with van der Waals surface area (Å²) in [5, 5.41) is 10.9. The first-order chi connectivity index (χ1) is 20.7. The number of halogens is 6. The Bertz CT molecular complexity index is 2000. The molecular weight excluding hydrogens is 590 g/mol. The quantitative estimate of drug-likeness (QED) is 0.213. The van der Waals surface area contributed by atoms with Gasteiger partial charge in [-0.2, -0.15) is 26.3 Å². The van der Waals surface area contributed by atoms with Gasteiger partial charge in [0.05, 0.1) is 41.7 Å². The number of hydrogen-bond acceptors (Lipinski definition) is 4. The predicted molar refractivity (Wildman–Crippen MR) is 150 cm³/mol. The molecule has 6 nitrogen and oxygen atoms in total. The fourth-order valence-electron chi connectivity index (χ4n) is 5.86. The van der Waals surface area contributed by atoms with Crippen molar-refractivity contribution in [2.24, 2.45) is 0 Å². The van der Waals surface area contributed by atoms with Crippen LogP contribution in [0.5, 0.6) is 5.75 Å². The van der Waals surface area contributed by atoms with Crippen molar-refractivity contribution >= 4 is 27.8 Å². The Hall–Kier alpha value is -4.87. The lowest BCUT2D eigenvalue weighted by Gasteiger charge is -2.22. The van der Waals surface area contributed by atoms with Gasteiger partial charge in [0.1, 0.15) is 5.75 Å². The molecule has 6 rings (SSSR count). The minimum Gasteiger partial charge on any atom is -0.493 e. The summed E-state index contributed by atoms with van der Waals surface area (Å²) in [5.74, 6) is -0.513. The van der Waals surface area contributed by atoms with Crippen molar-refractivity contribution in [3.63, 3.8) is 0 Å². The van der Waals surface area contributed by atoms with Crippen molar-refractivity contribution in [1.82, 2.24) is 9.55 Å². The maximum Gasteiger partial charge on any atom is 0.416 e. The van der Waals surface area contributed by atoms with Gasteiger partial charge in [-0.25, -0.2) is 0 Å². The smallest absolute Gasteiger partial charge is 0.416 e. The van der Waals surface area contributed by atoms with Crippen molar-refractivity contribution in [2.75, 3.05) is 6.61 Å². The van der Waals surface area contributed by atoms with Gasteiger partial charge in [-0.05, 0) is 83.3 Å². The Balaban J connectivity index is 1.64. The van der Waals surface area contributed by atoms with E-state index in [1.54, 1.807) is 25.3 Å². The van der Waals surface area contributed by atoms with E-state index in [9.17, 15) is 41.0 Å². The van der Waals surface area contributed by atoms with Gasteiger partial charge in [-0.15, -0.1) is 0 Å². The largest absolute Gasteiger partial charge is 0.493 e. The summed E-state index contributed by atoms with van der Waals surface area (Å²) in [5.41, 5.74) is -0.426. The normalized spacial score (nSPS) is 13.3. The first kappa shape index (κ1) is 29.2. The van der Waals surface area contributed by atoms with Crippen LogP contribution in [0.3, 0.4) is 0 Å². The molecule has 0 saturated carbocycles. The molecule has 0 atom stereocenters. The zero-order valence-corrected chi connectivity index (χ0v) is 22.9. The number of hydrogen-bond donors (Lipinski definition) is 1. The first-order valence-electron chi connectivity index (χ1n) is 13.4. The maximum absolute atomic E-state index is 13.6. The molecule has 5 aromatic rings. The van der Waals surface area contributed by atoms with Crippen LogP contribution in [-0.2, 0) is 36.5 Å². The third kappa shape index (κ3) is 5.14. The topological polar surface area (TPSA) is 81.4 Å². The standard InChI is InChI=1S/C32H22F6N2O4/c1-16-10-24-21(3-5-26(41)40(24)15-17-11-19(31(33,34)35)13-20(12-17)32(36,37)38)29(23(16)14-27(42)43)22-2-4-25-28-18(7-9-44-25)6-8-39-30(22)28/h2-6,8,10-13H,7,9,14-15H2,1H3,(H,42,43). The van der Waals surface area contributed by atoms with Crippen LogP contribution in [0.25, 0.3) is 32.9 Å². The number of pyridine rings is 2. The lowest BCUT2D eigenvalue weighted by molar-refractivity contribution is -0.143. The summed E-state index contributed by atoms with van der Waals surface area (Å²) in [4.78, 5) is 29.7. The van der Waals surface area contributed by atoms with Crippen LogP contribution in [-0.4, -0.2) is 27.2 Å². The molecule has 44 heavy (non-hydrogen) atoms. The van der Waals surface area contributed by atoms with Crippen molar-refractivity contribution in [3.05, 3.63) is 105 Å². The zero-order chi connectivity index (χ0) is 31.6. The number of fused-ring (bicyclic) bond motifs is 1. The van der Waals surface area contributed by atoms with E-state index in [4.69, 9.17) is 4.74 Å². The van der Waals surface area contributed by atoms with Gasteiger partial charge in [0.25, 0.3) is 5.56 Å². The molecule has 226 valence electrons. The van der Waals surface area contributed by atoms with E-state index in [1.807, 2.05) is 6.07 Å². The molecule has 0 amide bonds. The fraction of sp³-hybridized carbons (Fsp3) is 0.219. The second-order valence-corrected chi connectivity index (χ2v) is 10.6. The van der Waals surface area contributed by atoms with Crippen molar-refractivity contribution in [3.8, 4) is 16.9 Å². The highest BCUT2D eigenvalue weighted by molar-refractivity contribution is 6.08. The van der Waals surface area contributed by atoms with E-state index in [1.165, 1.54) is 12.1 Å². The lowest BCUT2D eigenvalue weighted by atomic mass is 9.87. The number of aromatic nitrogens is 2. The van der Waals surface area contributed by atoms with Crippen LogP contribution in [0, 0.1) is 6.92 Å². The Morgan fingerprint density at radius 1 is 0.977 bits per heavy atom. The number of rotatable bonds is 5. The van der Waals surface area contributed by atoms with Gasteiger partial charge in [-0.3, -0.25) is 14.6 Å². The predicted octanol–water partition coefficient (Wildman–Crippen LogP) is 7.17. The summed E-state index contributed by atoms with van der Waals surface area (Å²) in [6.45, 7) is 1.51. The molecule has 3 heterocycles. The number of nitrogens with zero attached hydrogens (tertiary/aromatic N) is 2. The van der Waals surface area contributed by atoms with Crippen molar-refractivity contribution < 1.29 is 41.0 Å². The van der Waals surface area contributed by atoms with Gasteiger partial charge in [-0.1, -0.05) is 0 Å². The summed E-state index contributed by atoms with van der Waals surface area (Å²) >= 11 is 0. The van der Waals surface area contributed by atoms with E-state index in [2.05, 4.69) is 4.98 Å². The van der Waals surface area contributed by atoms with Crippen LogP contribution >= 0.6 is 0 Å². The Labute approximate surface area is 245 Å². The van der Waals surface area contributed by atoms with E-state index < -0.39 is 48.0 Å². The zero-order valence-electron chi connectivity index (χ0n) is 22.9. The Morgan fingerprint density at radius 3 is 2.34 bits per heavy atom. The van der Waals surface area contributed by atoms with E-state index in [0.717, 1.165) is 21.6 Å². The molecule has 0 fully saturated rings. The third-order valence-electron chi connectivity index (χ3n) is 7.78. The van der Waals surface area contributed by atoms with E-state index >= 15 is 0 Å². The van der Waals surface area contributed by atoms with Gasteiger partial charge >= 0.3 is 18.3 Å². The highest BCUT2D eigenvalue weighted by atomic mass is 19.4. The van der Waals surface area contributed by atoms with Crippen LogP contribution in [0.2, 0.25) is 0 Å². The monoisotopic (exact) mass is 612 g/mol. The molecule has 0 bridgehead atoms. The molecular formula is C32H22F6N2O4. The first-order valence-corrected chi connectivity index (χ1v) is 13.4. The summed E-state index contributed by atoms with van der Waals surface area (Å²) < 4.78 is 88.3. The number of benzene rings is 3. The lowest BCUT2D eigenvalue weighted by Crippen LogP contribution is -2.21. The van der Waals surface area contributed by atoms with Crippen LogP contribution in [0.15, 0.2) is 65.6 Å². The minimum atomic E-state index is -5.05. The Morgan fingerprint density at radius 2 is 1.68 bits per heavy atom. The Kier molecular flexibility index (Phi) is 6.90. The SMILES string of the molecule is Cc1cc2c(ccc(=O)n2Cc2cc(C(F)(F)F)cc(C(F)(F)F)c2)c(-c2ccc3c4c(ccnc24)CCO3)c1CC(=O)O. The molecule has 3 aromatic carbocycles.